The minimum absolute atomic E-state index is 0.208. The third-order valence-corrected chi connectivity index (χ3v) is 5.88. The highest BCUT2D eigenvalue weighted by Gasteiger charge is 2.27. The lowest BCUT2D eigenvalue weighted by atomic mass is 10.1. The van der Waals surface area contributed by atoms with Crippen molar-refractivity contribution in [2.24, 2.45) is 0 Å². The number of pyridine rings is 1. The summed E-state index contributed by atoms with van der Waals surface area (Å²) in [5.74, 6) is -0.639. The van der Waals surface area contributed by atoms with Crippen LogP contribution in [0.3, 0.4) is 0 Å². The van der Waals surface area contributed by atoms with Crippen molar-refractivity contribution in [2.75, 3.05) is 5.32 Å². The Morgan fingerprint density at radius 1 is 1.09 bits per heavy atom. The minimum Gasteiger partial charge on any atom is -0.346 e. The van der Waals surface area contributed by atoms with Gasteiger partial charge in [0.05, 0.1) is 5.54 Å². The quantitative estimate of drug-likeness (QED) is 0.418. The second-order valence-electron chi connectivity index (χ2n) is 8.67. The first-order valence-electron chi connectivity index (χ1n) is 10.4. The summed E-state index contributed by atoms with van der Waals surface area (Å²) in [7, 11) is 0. The van der Waals surface area contributed by atoms with Crippen LogP contribution < -0.4 is 16.2 Å². The Balaban J connectivity index is 1.62. The summed E-state index contributed by atoms with van der Waals surface area (Å²) in [6.07, 6.45) is 1.55. The van der Waals surface area contributed by atoms with E-state index in [2.05, 4.69) is 25.7 Å². The van der Waals surface area contributed by atoms with Crippen LogP contribution in [-0.2, 0) is 12.1 Å². The van der Waals surface area contributed by atoms with Crippen molar-refractivity contribution >= 4 is 38.6 Å². The van der Waals surface area contributed by atoms with Gasteiger partial charge in [-0.15, -0.1) is 0 Å². The zero-order valence-electron chi connectivity index (χ0n) is 18.7. The van der Waals surface area contributed by atoms with Crippen LogP contribution >= 0.6 is 11.3 Å². The van der Waals surface area contributed by atoms with Gasteiger partial charge in [-0.2, -0.15) is 10.1 Å². The van der Waals surface area contributed by atoms with Crippen molar-refractivity contribution in [2.45, 2.75) is 39.8 Å². The van der Waals surface area contributed by atoms with Gasteiger partial charge in [-0.25, -0.2) is 4.68 Å². The number of hydrogen-bond acceptors (Lipinski definition) is 6. The highest BCUT2D eigenvalue weighted by atomic mass is 32.1. The number of benzene rings is 1. The molecule has 3 aromatic heterocycles. The number of carbonyl (C=O) groups is 2. The molecule has 33 heavy (non-hydrogen) atoms. The number of aromatic amines is 1. The van der Waals surface area contributed by atoms with Crippen molar-refractivity contribution in [3.63, 3.8) is 0 Å². The molecule has 0 spiro atoms. The van der Waals surface area contributed by atoms with Gasteiger partial charge in [0.1, 0.15) is 4.70 Å². The summed E-state index contributed by atoms with van der Waals surface area (Å²) in [4.78, 5) is 44.0. The second-order valence-corrected chi connectivity index (χ2v) is 9.67. The monoisotopic (exact) mass is 464 g/mol. The number of anilines is 1. The number of nitrogens with zero attached hydrogens (tertiary/aromatic N) is 3. The molecule has 9 nitrogen and oxygen atoms in total. The average molecular weight is 465 g/mol. The molecule has 0 aliphatic carbocycles. The molecule has 0 unspecified atom stereocenters. The van der Waals surface area contributed by atoms with Crippen LogP contribution in [0.5, 0.6) is 0 Å². The minimum atomic E-state index is -0.429. The largest absolute Gasteiger partial charge is 0.346 e. The number of nitrogens with one attached hydrogen (secondary N) is 3. The first kappa shape index (κ1) is 22.4. The molecule has 3 heterocycles. The molecule has 2 amide bonds. The summed E-state index contributed by atoms with van der Waals surface area (Å²) in [5, 5.41) is 10.6. The van der Waals surface area contributed by atoms with Crippen molar-refractivity contribution in [1.82, 2.24) is 25.1 Å². The molecule has 170 valence electrons. The highest BCUT2D eigenvalue weighted by Crippen LogP contribution is 2.32. The van der Waals surface area contributed by atoms with E-state index >= 15 is 0 Å². The van der Waals surface area contributed by atoms with Crippen LogP contribution in [0.2, 0.25) is 0 Å². The molecule has 0 aliphatic rings. The fraction of sp³-hybridized carbons (Fsp3) is 0.261. The number of aryl methyl sites for hydroxylation is 1. The number of carbonyl (C=O) groups excluding carboxylic acids is 2. The number of amides is 2. The molecular formula is C23H24N6O3S. The topological polar surface area (TPSA) is 122 Å². The van der Waals surface area contributed by atoms with Crippen molar-refractivity contribution in [3.05, 3.63) is 75.3 Å². The molecule has 0 bridgehead atoms. The van der Waals surface area contributed by atoms with E-state index < -0.39 is 5.54 Å². The lowest BCUT2D eigenvalue weighted by molar-refractivity contribution is 0.0945. The smallest absolute Gasteiger partial charge is 0.273 e. The Morgan fingerprint density at radius 3 is 2.45 bits per heavy atom. The van der Waals surface area contributed by atoms with Gasteiger partial charge >= 0.3 is 0 Å². The molecule has 4 rings (SSSR count). The number of rotatable bonds is 5. The van der Waals surface area contributed by atoms with E-state index in [4.69, 9.17) is 0 Å². The van der Waals surface area contributed by atoms with Crippen LogP contribution in [0.4, 0.5) is 5.13 Å². The standard InChI is InChI=1S/C23H24N6O3S/c1-13-5-8-15(9-6-13)20(31)27-22-26-19-18(33-22)17(28-29(19)23(2,3)4)21(32)25-12-14-7-10-16(30)24-11-14/h5-11H,12H2,1-4H3,(H,24,30)(H,25,32)(H,26,27,31). The van der Waals surface area contributed by atoms with Gasteiger partial charge in [-0.3, -0.25) is 19.7 Å². The Bertz CT molecular complexity index is 1370. The van der Waals surface area contributed by atoms with Crippen molar-refractivity contribution < 1.29 is 9.59 Å². The fourth-order valence-corrected chi connectivity index (χ4v) is 4.09. The van der Waals surface area contributed by atoms with Gasteiger partial charge in [0.15, 0.2) is 16.5 Å². The fourth-order valence-electron chi connectivity index (χ4n) is 3.17. The molecule has 0 fully saturated rings. The van der Waals surface area contributed by atoms with E-state index in [1.165, 1.54) is 17.4 Å². The van der Waals surface area contributed by atoms with E-state index in [9.17, 15) is 14.4 Å². The lowest BCUT2D eigenvalue weighted by Crippen LogP contribution is -2.26. The van der Waals surface area contributed by atoms with Gasteiger partial charge < -0.3 is 10.3 Å². The van der Waals surface area contributed by atoms with Crippen LogP contribution in [0, 0.1) is 6.92 Å². The molecule has 3 N–H and O–H groups in total. The molecule has 0 saturated carbocycles. The van der Waals surface area contributed by atoms with E-state index in [-0.39, 0.29) is 29.6 Å². The molecule has 0 atom stereocenters. The number of hydrogen-bond donors (Lipinski definition) is 3. The molecule has 10 heteroatoms. The van der Waals surface area contributed by atoms with Gasteiger partial charge in [-0.1, -0.05) is 35.1 Å². The van der Waals surface area contributed by atoms with E-state index in [1.54, 1.807) is 29.1 Å². The van der Waals surface area contributed by atoms with Gasteiger partial charge in [-0.05, 0) is 45.4 Å². The van der Waals surface area contributed by atoms with Crippen LogP contribution in [0.1, 0.15) is 52.7 Å². The highest BCUT2D eigenvalue weighted by molar-refractivity contribution is 7.22. The molecule has 4 aromatic rings. The Morgan fingerprint density at radius 2 is 1.82 bits per heavy atom. The van der Waals surface area contributed by atoms with Gasteiger partial charge in [0.25, 0.3) is 11.8 Å². The van der Waals surface area contributed by atoms with E-state index in [0.717, 1.165) is 11.1 Å². The second kappa shape index (κ2) is 8.62. The van der Waals surface area contributed by atoms with Crippen LogP contribution in [0.25, 0.3) is 10.3 Å². The summed E-state index contributed by atoms with van der Waals surface area (Å²) in [5.41, 5.74) is 2.47. The first-order chi connectivity index (χ1) is 15.6. The van der Waals surface area contributed by atoms with Gasteiger partial charge in [0, 0.05) is 24.4 Å². The van der Waals surface area contributed by atoms with E-state index in [0.29, 0.717) is 21.0 Å². The average Bonchev–Trinajstić information content (AvgIpc) is 3.31. The summed E-state index contributed by atoms with van der Waals surface area (Å²) in [6.45, 7) is 8.08. The lowest BCUT2D eigenvalue weighted by Gasteiger charge is -2.19. The maximum atomic E-state index is 13.0. The maximum Gasteiger partial charge on any atom is 0.273 e. The zero-order valence-corrected chi connectivity index (χ0v) is 19.5. The number of thiazole rings is 1. The Labute approximate surface area is 193 Å². The summed E-state index contributed by atoms with van der Waals surface area (Å²) in [6, 6.07) is 10.3. The van der Waals surface area contributed by atoms with Crippen LogP contribution in [0.15, 0.2) is 47.4 Å². The van der Waals surface area contributed by atoms with Crippen molar-refractivity contribution in [3.8, 4) is 0 Å². The normalized spacial score (nSPS) is 11.5. The summed E-state index contributed by atoms with van der Waals surface area (Å²) < 4.78 is 2.28. The summed E-state index contributed by atoms with van der Waals surface area (Å²) >= 11 is 1.20. The molecule has 1 aromatic carbocycles. The maximum absolute atomic E-state index is 13.0. The molecular weight excluding hydrogens is 440 g/mol. The Kier molecular flexibility index (Phi) is 5.86. The number of fused-ring (bicyclic) bond motifs is 1. The third kappa shape index (κ3) is 4.85. The molecule has 0 radical (unpaired) electrons. The zero-order chi connectivity index (χ0) is 23.8. The Hall–Kier alpha value is -3.79. The van der Waals surface area contributed by atoms with Crippen molar-refractivity contribution in [1.29, 1.82) is 0 Å². The number of H-pyrrole nitrogens is 1. The first-order valence-corrected chi connectivity index (χ1v) is 11.2. The van der Waals surface area contributed by atoms with Crippen LogP contribution in [-0.4, -0.2) is 31.6 Å². The number of aromatic nitrogens is 4. The van der Waals surface area contributed by atoms with E-state index in [1.807, 2.05) is 39.8 Å². The molecule has 0 saturated heterocycles. The van der Waals surface area contributed by atoms with Gasteiger partial charge in [0.2, 0.25) is 5.56 Å². The predicted octanol–water partition coefficient (Wildman–Crippen LogP) is 3.43. The third-order valence-electron chi connectivity index (χ3n) is 4.91. The predicted molar refractivity (Wildman–Crippen MR) is 128 cm³/mol. The molecule has 0 aliphatic heterocycles. The SMILES string of the molecule is Cc1ccc(C(=O)Nc2nc3c(s2)c(C(=O)NCc2ccc(=O)[nH]c2)nn3C(C)(C)C)cc1.